The highest BCUT2D eigenvalue weighted by atomic mass is 16.5. The number of carbonyl (C=O) groups excluding carboxylic acids is 1. The fourth-order valence-corrected chi connectivity index (χ4v) is 1.12. The molecule has 14 heavy (non-hydrogen) atoms. The van der Waals surface area contributed by atoms with E-state index in [0.717, 1.165) is 6.42 Å². The Morgan fingerprint density at radius 1 is 1.57 bits per heavy atom. The number of hydrogen-bond acceptors (Lipinski definition) is 3. The summed E-state index contributed by atoms with van der Waals surface area (Å²) < 4.78 is 4.93. The van der Waals surface area contributed by atoms with Gasteiger partial charge in [-0.1, -0.05) is 20.3 Å². The van der Waals surface area contributed by atoms with Gasteiger partial charge in [-0.15, -0.1) is 0 Å². The van der Waals surface area contributed by atoms with Crippen LogP contribution >= 0.6 is 0 Å². The maximum absolute atomic E-state index is 11.4. The molecule has 0 aliphatic carbocycles. The summed E-state index contributed by atoms with van der Waals surface area (Å²) in [6.45, 7) is 5.03. The van der Waals surface area contributed by atoms with Crippen molar-refractivity contribution in [3.05, 3.63) is 0 Å². The normalized spacial score (nSPS) is 14.9. The van der Waals surface area contributed by atoms with Crippen LogP contribution in [0, 0.1) is 5.92 Å². The zero-order valence-corrected chi connectivity index (χ0v) is 9.38. The Bertz CT molecular complexity index is 162. The molecule has 1 amide bonds. The van der Waals surface area contributed by atoms with E-state index in [1.807, 2.05) is 0 Å². The van der Waals surface area contributed by atoms with Crippen LogP contribution in [0.15, 0.2) is 0 Å². The molecular formula is C10H22N2O2. The number of nitrogens with two attached hydrogens (primary N) is 1. The molecule has 3 N–H and O–H groups in total. The Kier molecular flexibility index (Phi) is 7.42. The van der Waals surface area contributed by atoms with E-state index in [1.54, 1.807) is 7.11 Å². The Morgan fingerprint density at radius 2 is 2.21 bits per heavy atom. The van der Waals surface area contributed by atoms with Gasteiger partial charge in [0.05, 0.1) is 12.6 Å². The Hall–Kier alpha value is -0.610. The Morgan fingerprint density at radius 3 is 2.64 bits per heavy atom. The van der Waals surface area contributed by atoms with E-state index in [9.17, 15) is 4.79 Å². The number of hydrogen-bond donors (Lipinski definition) is 2. The zero-order chi connectivity index (χ0) is 11.0. The zero-order valence-electron chi connectivity index (χ0n) is 9.38. The lowest BCUT2D eigenvalue weighted by molar-refractivity contribution is -0.122. The molecule has 0 aromatic carbocycles. The second-order valence-corrected chi connectivity index (χ2v) is 3.67. The molecule has 0 aliphatic rings. The van der Waals surface area contributed by atoms with Crippen molar-refractivity contribution in [2.24, 2.45) is 11.7 Å². The molecule has 0 aromatic rings. The van der Waals surface area contributed by atoms with Crippen LogP contribution < -0.4 is 11.1 Å². The van der Waals surface area contributed by atoms with Gasteiger partial charge in [-0.05, 0) is 5.92 Å². The van der Waals surface area contributed by atoms with Gasteiger partial charge in [-0.2, -0.15) is 0 Å². The number of ether oxygens (including phenoxy) is 1. The van der Waals surface area contributed by atoms with E-state index >= 15 is 0 Å². The van der Waals surface area contributed by atoms with Gasteiger partial charge in [-0.3, -0.25) is 4.79 Å². The first kappa shape index (κ1) is 13.4. The van der Waals surface area contributed by atoms with Gasteiger partial charge in [0.25, 0.3) is 0 Å². The van der Waals surface area contributed by atoms with Crippen LogP contribution in [0.25, 0.3) is 0 Å². The van der Waals surface area contributed by atoms with E-state index in [2.05, 4.69) is 19.2 Å². The van der Waals surface area contributed by atoms with Gasteiger partial charge in [0.2, 0.25) is 5.91 Å². The fraction of sp³-hybridized carbons (Fsp3) is 0.900. The topological polar surface area (TPSA) is 64.4 Å². The molecule has 0 bridgehead atoms. The van der Waals surface area contributed by atoms with Crippen LogP contribution in [0.4, 0.5) is 0 Å². The van der Waals surface area contributed by atoms with Crippen molar-refractivity contribution in [1.29, 1.82) is 0 Å². The van der Waals surface area contributed by atoms with Crippen LogP contribution in [0.5, 0.6) is 0 Å². The van der Waals surface area contributed by atoms with Crippen molar-refractivity contribution >= 4 is 5.91 Å². The lowest BCUT2D eigenvalue weighted by atomic mass is 10.0. The second-order valence-electron chi connectivity index (χ2n) is 3.67. The number of methoxy groups -OCH3 is 1. The minimum atomic E-state index is -0.0587. The van der Waals surface area contributed by atoms with E-state index in [-0.39, 0.29) is 11.9 Å². The lowest BCUT2D eigenvalue weighted by Crippen LogP contribution is -2.43. The third kappa shape index (κ3) is 5.94. The molecule has 0 rings (SSSR count). The molecule has 2 unspecified atom stereocenters. The standard InChI is InChI=1S/C10H22N2O2/c1-4-8(2)5-10(13)12-9(6-11)7-14-3/h8-9H,4-7,11H2,1-3H3,(H,12,13). The summed E-state index contributed by atoms with van der Waals surface area (Å²) in [5, 5.41) is 2.84. The maximum atomic E-state index is 11.4. The molecule has 0 radical (unpaired) electrons. The Balaban J connectivity index is 3.78. The Labute approximate surface area is 86.2 Å². The maximum Gasteiger partial charge on any atom is 0.220 e. The largest absolute Gasteiger partial charge is 0.383 e. The monoisotopic (exact) mass is 202 g/mol. The quantitative estimate of drug-likeness (QED) is 0.632. The number of amides is 1. The first-order valence-electron chi connectivity index (χ1n) is 5.12. The molecule has 0 spiro atoms. The van der Waals surface area contributed by atoms with Crippen molar-refractivity contribution in [2.45, 2.75) is 32.7 Å². The molecule has 4 heteroatoms. The van der Waals surface area contributed by atoms with E-state index < -0.39 is 0 Å². The van der Waals surface area contributed by atoms with Gasteiger partial charge >= 0.3 is 0 Å². The summed E-state index contributed by atoms with van der Waals surface area (Å²) in [4.78, 5) is 11.4. The van der Waals surface area contributed by atoms with E-state index in [0.29, 0.717) is 25.5 Å². The van der Waals surface area contributed by atoms with E-state index in [4.69, 9.17) is 10.5 Å². The van der Waals surface area contributed by atoms with Crippen LogP contribution in [-0.2, 0) is 9.53 Å². The summed E-state index contributed by atoms with van der Waals surface area (Å²) in [5.74, 6) is 0.489. The van der Waals surface area contributed by atoms with Crippen molar-refractivity contribution in [1.82, 2.24) is 5.32 Å². The molecule has 0 heterocycles. The molecule has 4 nitrogen and oxygen atoms in total. The number of nitrogens with one attached hydrogen (secondary N) is 1. The van der Waals surface area contributed by atoms with Crippen LogP contribution in [0.3, 0.4) is 0 Å². The molecule has 0 aliphatic heterocycles. The predicted octanol–water partition coefficient (Wildman–Crippen LogP) is 0.513. The summed E-state index contributed by atoms with van der Waals surface area (Å²) in [5.41, 5.74) is 5.48. The number of carbonyl (C=O) groups is 1. The first-order valence-corrected chi connectivity index (χ1v) is 5.12. The summed E-state index contributed by atoms with van der Waals surface area (Å²) >= 11 is 0. The highest BCUT2D eigenvalue weighted by molar-refractivity contribution is 5.76. The van der Waals surface area contributed by atoms with Gasteiger partial charge in [-0.25, -0.2) is 0 Å². The fourth-order valence-electron chi connectivity index (χ4n) is 1.12. The molecule has 0 saturated heterocycles. The molecule has 0 saturated carbocycles. The van der Waals surface area contributed by atoms with Crippen molar-refractivity contribution in [2.75, 3.05) is 20.3 Å². The average Bonchev–Trinajstić information content (AvgIpc) is 2.16. The van der Waals surface area contributed by atoms with Gasteiger partial charge < -0.3 is 15.8 Å². The highest BCUT2D eigenvalue weighted by Gasteiger charge is 2.12. The third-order valence-electron chi connectivity index (χ3n) is 2.25. The highest BCUT2D eigenvalue weighted by Crippen LogP contribution is 2.05. The van der Waals surface area contributed by atoms with Gasteiger partial charge in [0, 0.05) is 20.1 Å². The lowest BCUT2D eigenvalue weighted by Gasteiger charge is -2.17. The van der Waals surface area contributed by atoms with Crippen molar-refractivity contribution in [3.63, 3.8) is 0 Å². The smallest absolute Gasteiger partial charge is 0.220 e. The molecule has 84 valence electrons. The minimum Gasteiger partial charge on any atom is -0.383 e. The molecule has 2 atom stereocenters. The third-order valence-corrected chi connectivity index (χ3v) is 2.25. The van der Waals surface area contributed by atoms with Crippen LogP contribution in [0.2, 0.25) is 0 Å². The van der Waals surface area contributed by atoms with Crippen LogP contribution in [0.1, 0.15) is 26.7 Å². The van der Waals surface area contributed by atoms with Gasteiger partial charge in [0.15, 0.2) is 0 Å². The van der Waals surface area contributed by atoms with Crippen LogP contribution in [-0.4, -0.2) is 32.2 Å². The average molecular weight is 202 g/mol. The molecule has 0 fully saturated rings. The summed E-state index contributed by atoms with van der Waals surface area (Å²) in [6, 6.07) is -0.0587. The SMILES string of the molecule is CCC(C)CC(=O)NC(CN)COC. The van der Waals surface area contributed by atoms with Gasteiger partial charge in [0.1, 0.15) is 0 Å². The number of rotatable bonds is 7. The summed E-state index contributed by atoms with van der Waals surface area (Å²) in [6.07, 6.45) is 1.59. The minimum absolute atomic E-state index is 0.0587. The first-order chi connectivity index (χ1) is 6.63. The molecule has 0 aromatic heterocycles. The van der Waals surface area contributed by atoms with Crippen molar-refractivity contribution < 1.29 is 9.53 Å². The van der Waals surface area contributed by atoms with E-state index in [1.165, 1.54) is 0 Å². The molecular weight excluding hydrogens is 180 g/mol. The summed E-state index contributed by atoms with van der Waals surface area (Å²) in [7, 11) is 1.60. The predicted molar refractivity (Wildman–Crippen MR) is 56.9 cm³/mol. The van der Waals surface area contributed by atoms with Crippen molar-refractivity contribution in [3.8, 4) is 0 Å². The second kappa shape index (κ2) is 7.76.